The molecule has 0 aliphatic carbocycles. The van der Waals surface area contributed by atoms with Crippen molar-refractivity contribution in [3.05, 3.63) is 114 Å². The third-order valence-corrected chi connectivity index (χ3v) is 5.49. The van der Waals surface area contributed by atoms with E-state index in [0.717, 1.165) is 21.9 Å². The van der Waals surface area contributed by atoms with Crippen molar-refractivity contribution in [2.24, 2.45) is 0 Å². The van der Waals surface area contributed by atoms with Crippen molar-refractivity contribution >= 4 is 16.7 Å². The smallest absolute Gasteiger partial charge is 0.261 e. The minimum absolute atomic E-state index is 0.120. The molecule has 0 spiro atoms. The quantitative estimate of drug-likeness (QED) is 0.394. The molecule has 0 aromatic heterocycles. The maximum absolute atomic E-state index is 13.2. The third-order valence-electron chi connectivity index (χ3n) is 5.49. The van der Waals surface area contributed by atoms with E-state index in [1.807, 2.05) is 73.7 Å². The Kier molecular flexibility index (Phi) is 6.32. The fourth-order valence-corrected chi connectivity index (χ4v) is 3.73. The summed E-state index contributed by atoms with van der Waals surface area (Å²) in [6, 6.07) is 32.1. The Morgan fingerprint density at radius 3 is 2.16 bits per heavy atom. The maximum Gasteiger partial charge on any atom is 0.261 e. The summed E-state index contributed by atoms with van der Waals surface area (Å²) < 4.78 is 6.11. The zero-order valence-corrected chi connectivity index (χ0v) is 17.9. The zero-order chi connectivity index (χ0) is 21.6. The first-order valence-electron chi connectivity index (χ1n) is 10.7. The largest absolute Gasteiger partial charge is 0.481 e. The van der Waals surface area contributed by atoms with Crippen LogP contribution in [0.3, 0.4) is 0 Å². The van der Waals surface area contributed by atoms with Crippen LogP contribution in [0.5, 0.6) is 5.75 Å². The Hall–Kier alpha value is -3.59. The number of carbonyl (C=O) groups is 1. The van der Waals surface area contributed by atoms with Crippen LogP contribution in [-0.2, 0) is 4.79 Å². The lowest BCUT2D eigenvalue weighted by molar-refractivity contribution is -0.128. The monoisotopic (exact) mass is 409 g/mol. The molecule has 4 aromatic rings. The number of benzene rings is 4. The molecule has 0 aliphatic rings. The van der Waals surface area contributed by atoms with Gasteiger partial charge in [0.25, 0.3) is 5.91 Å². The van der Waals surface area contributed by atoms with Crippen LogP contribution in [0.25, 0.3) is 10.8 Å². The molecule has 0 aliphatic heterocycles. The van der Waals surface area contributed by atoms with Gasteiger partial charge in [-0.15, -0.1) is 0 Å². The first-order chi connectivity index (χ1) is 15.1. The van der Waals surface area contributed by atoms with Crippen molar-refractivity contribution in [2.75, 3.05) is 0 Å². The second-order valence-electron chi connectivity index (χ2n) is 7.79. The summed E-state index contributed by atoms with van der Waals surface area (Å²) >= 11 is 0. The second kappa shape index (κ2) is 9.48. The normalized spacial score (nSPS) is 12.8. The van der Waals surface area contributed by atoms with Crippen molar-refractivity contribution in [1.29, 1.82) is 0 Å². The van der Waals surface area contributed by atoms with Crippen LogP contribution in [0.4, 0.5) is 0 Å². The summed E-state index contributed by atoms with van der Waals surface area (Å²) in [6.07, 6.45) is 0.00599. The molecule has 1 N–H and O–H groups in total. The summed E-state index contributed by atoms with van der Waals surface area (Å²) in [5.41, 5.74) is 3.28. The van der Waals surface area contributed by atoms with E-state index in [-0.39, 0.29) is 11.9 Å². The highest BCUT2D eigenvalue weighted by Gasteiger charge is 2.24. The van der Waals surface area contributed by atoms with Gasteiger partial charge in [0.15, 0.2) is 6.10 Å². The molecule has 0 heterocycles. The van der Waals surface area contributed by atoms with Crippen molar-refractivity contribution in [3.8, 4) is 5.75 Å². The van der Waals surface area contributed by atoms with E-state index in [1.165, 1.54) is 5.56 Å². The number of fused-ring (bicyclic) bond motifs is 1. The number of nitrogens with one attached hydrogen (secondary N) is 1. The van der Waals surface area contributed by atoms with Gasteiger partial charge in [0.2, 0.25) is 0 Å². The number of rotatable bonds is 7. The predicted octanol–water partition coefficient (Wildman–Crippen LogP) is 6.21. The number of aryl methyl sites for hydroxylation is 1. The van der Waals surface area contributed by atoms with Gasteiger partial charge in [-0.2, -0.15) is 0 Å². The van der Waals surface area contributed by atoms with E-state index >= 15 is 0 Å². The van der Waals surface area contributed by atoms with Crippen LogP contribution in [0.2, 0.25) is 0 Å². The molecule has 0 fully saturated rings. The molecule has 4 rings (SSSR count). The molecule has 1 amide bonds. The minimum atomic E-state index is -0.571. The first-order valence-corrected chi connectivity index (χ1v) is 10.7. The lowest BCUT2D eigenvalue weighted by atomic mass is 9.97. The Morgan fingerprint density at radius 1 is 0.806 bits per heavy atom. The van der Waals surface area contributed by atoms with E-state index in [1.54, 1.807) is 0 Å². The number of carbonyl (C=O) groups excluding carboxylic acids is 1. The zero-order valence-electron chi connectivity index (χ0n) is 17.9. The molecule has 0 saturated heterocycles. The average Bonchev–Trinajstić information content (AvgIpc) is 2.82. The Morgan fingerprint density at radius 2 is 1.45 bits per heavy atom. The number of hydrogen-bond acceptors (Lipinski definition) is 2. The van der Waals surface area contributed by atoms with Crippen LogP contribution in [-0.4, -0.2) is 12.0 Å². The molecular formula is C28H27NO2. The van der Waals surface area contributed by atoms with E-state index in [2.05, 4.69) is 42.6 Å². The molecule has 4 aromatic carbocycles. The van der Waals surface area contributed by atoms with Gasteiger partial charge in [-0.3, -0.25) is 4.79 Å². The lowest BCUT2D eigenvalue weighted by Crippen LogP contribution is -2.40. The molecular weight excluding hydrogens is 382 g/mol. The van der Waals surface area contributed by atoms with E-state index < -0.39 is 6.10 Å². The summed E-state index contributed by atoms with van der Waals surface area (Å²) in [7, 11) is 0. The van der Waals surface area contributed by atoms with Gasteiger partial charge in [0.05, 0.1) is 6.04 Å². The van der Waals surface area contributed by atoms with Crippen molar-refractivity contribution in [1.82, 2.24) is 5.32 Å². The van der Waals surface area contributed by atoms with Crippen LogP contribution < -0.4 is 10.1 Å². The number of hydrogen-bond donors (Lipinski definition) is 1. The molecule has 31 heavy (non-hydrogen) atoms. The highest BCUT2D eigenvalue weighted by atomic mass is 16.5. The Balaban J connectivity index is 1.56. The topological polar surface area (TPSA) is 38.3 Å². The van der Waals surface area contributed by atoms with Gasteiger partial charge >= 0.3 is 0 Å². The van der Waals surface area contributed by atoms with Crippen molar-refractivity contribution in [2.45, 2.75) is 32.4 Å². The standard InChI is InChI=1S/C28H27NO2/c1-3-26(31-25-18-17-21-9-7-8-12-24(21)19-25)28(30)29-27(22-10-5-4-6-11-22)23-15-13-20(2)14-16-23/h4-19,26-27H,3H2,1-2H3,(H,29,30)/t26-,27-/m1/s1. The lowest BCUT2D eigenvalue weighted by Gasteiger charge is -2.24. The van der Waals surface area contributed by atoms with Gasteiger partial charge in [0.1, 0.15) is 5.75 Å². The van der Waals surface area contributed by atoms with Crippen LogP contribution in [0.15, 0.2) is 97.1 Å². The van der Waals surface area contributed by atoms with Gasteiger partial charge in [-0.05, 0) is 47.4 Å². The predicted molar refractivity (Wildman–Crippen MR) is 126 cm³/mol. The molecule has 0 radical (unpaired) electrons. The van der Waals surface area contributed by atoms with Crippen LogP contribution in [0, 0.1) is 6.92 Å². The molecule has 156 valence electrons. The minimum Gasteiger partial charge on any atom is -0.481 e. The van der Waals surface area contributed by atoms with Crippen molar-refractivity contribution < 1.29 is 9.53 Å². The molecule has 3 nitrogen and oxygen atoms in total. The van der Waals surface area contributed by atoms with Crippen molar-refractivity contribution in [3.63, 3.8) is 0 Å². The van der Waals surface area contributed by atoms with Gasteiger partial charge < -0.3 is 10.1 Å². The van der Waals surface area contributed by atoms with Gasteiger partial charge in [-0.25, -0.2) is 0 Å². The van der Waals surface area contributed by atoms with Crippen LogP contribution in [0.1, 0.15) is 36.1 Å². The van der Waals surface area contributed by atoms with Crippen LogP contribution >= 0.6 is 0 Å². The molecule has 3 heteroatoms. The molecule has 2 atom stereocenters. The molecule has 0 bridgehead atoms. The number of ether oxygens (including phenoxy) is 1. The maximum atomic E-state index is 13.2. The Bertz CT molecular complexity index is 1150. The third kappa shape index (κ3) is 4.95. The highest BCUT2D eigenvalue weighted by molar-refractivity contribution is 5.84. The fourth-order valence-electron chi connectivity index (χ4n) is 3.73. The van der Waals surface area contributed by atoms with Gasteiger partial charge in [-0.1, -0.05) is 97.4 Å². The first kappa shape index (κ1) is 20.7. The summed E-state index contributed by atoms with van der Waals surface area (Å²) in [6.45, 7) is 4.03. The molecule has 0 saturated carbocycles. The SMILES string of the molecule is CC[C@@H](Oc1ccc2ccccc2c1)C(=O)N[C@H](c1ccccc1)c1ccc(C)cc1. The Labute approximate surface area is 183 Å². The summed E-state index contributed by atoms with van der Waals surface area (Å²) in [5.74, 6) is 0.581. The summed E-state index contributed by atoms with van der Waals surface area (Å²) in [4.78, 5) is 13.2. The van der Waals surface area contributed by atoms with E-state index in [9.17, 15) is 4.79 Å². The highest BCUT2D eigenvalue weighted by Crippen LogP contribution is 2.25. The van der Waals surface area contributed by atoms with E-state index in [4.69, 9.17) is 4.74 Å². The van der Waals surface area contributed by atoms with Gasteiger partial charge in [0, 0.05) is 0 Å². The molecule has 0 unspecified atom stereocenters. The second-order valence-corrected chi connectivity index (χ2v) is 7.79. The van der Waals surface area contributed by atoms with E-state index in [0.29, 0.717) is 12.2 Å². The fraction of sp³-hybridized carbons (Fsp3) is 0.179. The average molecular weight is 410 g/mol. The summed E-state index contributed by atoms with van der Waals surface area (Å²) in [5, 5.41) is 5.46. The number of amides is 1.